The molecule has 1 unspecified atom stereocenters. The molecule has 246 valence electrons. The van der Waals surface area contributed by atoms with Crippen molar-refractivity contribution in [1.29, 1.82) is 0 Å². The van der Waals surface area contributed by atoms with Gasteiger partial charge in [-0.1, -0.05) is 135 Å². The molecule has 0 rings (SSSR count). The van der Waals surface area contributed by atoms with Crippen LogP contribution >= 0.6 is 0 Å². The van der Waals surface area contributed by atoms with Gasteiger partial charge in [0.2, 0.25) is 11.8 Å². The maximum absolute atomic E-state index is 12.8. The van der Waals surface area contributed by atoms with Crippen molar-refractivity contribution in [2.24, 2.45) is 16.5 Å². The highest BCUT2D eigenvalue weighted by atomic mass is 16.2. The maximum atomic E-state index is 12.8. The van der Waals surface area contributed by atoms with Crippen molar-refractivity contribution in [1.82, 2.24) is 10.6 Å². The summed E-state index contributed by atoms with van der Waals surface area (Å²) in [6, 6.07) is -0.605. The van der Waals surface area contributed by atoms with Crippen LogP contribution in [-0.2, 0) is 9.59 Å². The number of aliphatic imine (C=N–C) groups is 1. The average Bonchev–Trinajstić information content (AvgIpc) is 2.97. The summed E-state index contributed by atoms with van der Waals surface area (Å²) in [6.07, 6.45) is 34.0. The van der Waals surface area contributed by atoms with Crippen LogP contribution in [0.1, 0.15) is 174 Å². The average molecular weight is 592 g/mol. The Bertz CT molecular complexity index is 676. The van der Waals surface area contributed by atoms with Crippen molar-refractivity contribution >= 4 is 17.8 Å². The highest BCUT2D eigenvalue weighted by Gasteiger charge is 2.20. The molecule has 2 amide bonds. The first-order valence-electron chi connectivity index (χ1n) is 17.8. The number of nitrogens with two attached hydrogens (primary N) is 2. The molecule has 0 radical (unpaired) electrons. The van der Waals surface area contributed by atoms with Crippen molar-refractivity contribution in [3.05, 3.63) is 12.2 Å². The van der Waals surface area contributed by atoms with Crippen molar-refractivity contribution in [2.45, 2.75) is 180 Å². The smallest absolute Gasteiger partial charge is 0.242 e. The summed E-state index contributed by atoms with van der Waals surface area (Å²) in [4.78, 5) is 29.3. The predicted molar refractivity (Wildman–Crippen MR) is 182 cm³/mol. The standard InChI is InChI=1S/C35H69N5O2/c1-3-5-7-9-11-13-15-16-17-18-19-20-22-24-26-28-33(41)40-32(29-31-39-35(36)37)34(42)38-30-27-25-23-21-14-12-10-8-6-4-2/h16-17,32H,3-15,18-31H2,1-2H3,(H,38,42)(H,40,41)(H4,36,37,39)/b17-16+. The van der Waals surface area contributed by atoms with E-state index in [9.17, 15) is 9.59 Å². The van der Waals surface area contributed by atoms with Crippen LogP contribution in [0, 0.1) is 0 Å². The lowest BCUT2D eigenvalue weighted by atomic mass is 10.1. The summed E-state index contributed by atoms with van der Waals surface area (Å²) < 4.78 is 0. The molecule has 6 N–H and O–H groups in total. The lowest BCUT2D eigenvalue weighted by Gasteiger charge is -2.18. The third-order valence-electron chi connectivity index (χ3n) is 7.86. The Balaban J connectivity index is 4.00. The van der Waals surface area contributed by atoms with Crippen LogP contribution in [0.3, 0.4) is 0 Å². The molecule has 0 saturated carbocycles. The molecule has 0 saturated heterocycles. The molecular weight excluding hydrogens is 522 g/mol. The third-order valence-corrected chi connectivity index (χ3v) is 7.86. The predicted octanol–water partition coefficient (Wildman–Crippen LogP) is 8.21. The van der Waals surface area contributed by atoms with E-state index in [1.807, 2.05) is 0 Å². The molecule has 0 fully saturated rings. The molecule has 0 heterocycles. The number of amides is 2. The van der Waals surface area contributed by atoms with Gasteiger partial charge >= 0.3 is 0 Å². The molecule has 1 atom stereocenters. The fourth-order valence-electron chi connectivity index (χ4n) is 5.16. The summed E-state index contributed by atoms with van der Waals surface area (Å²) in [5.41, 5.74) is 10.9. The number of guanidine groups is 1. The molecule has 0 aromatic heterocycles. The van der Waals surface area contributed by atoms with E-state index in [2.05, 4.69) is 41.6 Å². The fourth-order valence-corrected chi connectivity index (χ4v) is 5.16. The molecule has 0 spiro atoms. The third kappa shape index (κ3) is 29.4. The maximum Gasteiger partial charge on any atom is 0.242 e. The van der Waals surface area contributed by atoms with Crippen molar-refractivity contribution in [2.75, 3.05) is 13.1 Å². The molecule has 0 aromatic rings. The van der Waals surface area contributed by atoms with Gasteiger partial charge in [0.25, 0.3) is 0 Å². The number of hydrogen-bond acceptors (Lipinski definition) is 3. The number of nitrogens with zero attached hydrogens (tertiary/aromatic N) is 1. The first kappa shape index (κ1) is 40.0. The van der Waals surface area contributed by atoms with Gasteiger partial charge in [0, 0.05) is 19.5 Å². The lowest BCUT2D eigenvalue weighted by Crippen LogP contribution is -2.47. The van der Waals surface area contributed by atoms with Gasteiger partial charge in [0.15, 0.2) is 5.96 Å². The summed E-state index contributed by atoms with van der Waals surface area (Å²) in [7, 11) is 0. The van der Waals surface area contributed by atoms with Gasteiger partial charge in [-0.2, -0.15) is 0 Å². The summed E-state index contributed by atoms with van der Waals surface area (Å²) in [6.45, 7) is 5.46. The van der Waals surface area contributed by atoms with Gasteiger partial charge in [-0.05, 0) is 44.9 Å². The van der Waals surface area contributed by atoms with E-state index >= 15 is 0 Å². The monoisotopic (exact) mass is 592 g/mol. The largest absolute Gasteiger partial charge is 0.370 e. The van der Waals surface area contributed by atoms with Gasteiger partial charge in [-0.25, -0.2) is 0 Å². The SMILES string of the molecule is CCCCCCCC/C=C/CCCCCCCC(=O)NC(CCN=C(N)N)C(=O)NCCCCCCCCCCCC. The topological polar surface area (TPSA) is 123 Å². The van der Waals surface area contributed by atoms with Crippen LogP contribution in [0.15, 0.2) is 17.1 Å². The van der Waals surface area contributed by atoms with Crippen LogP contribution in [0.5, 0.6) is 0 Å². The Morgan fingerprint density at radius 1 is 0.643 bits per heavy atom. The van der Waals surface area contributed by atoms with E-state index in [0.29, 0.717) is 25.9 Å². The Hall–Kier alpha value is -2.05. The summed E-state index contributed by atoms with van der Waals surface area (Å²) in [5, 5.41) is 5.92. The molecule has 0 aliphatic rings. The minimum absolute atomic E-state index is 0.000793. The second-order valence-corrected chi connectivity index (χ2v) is 12.0. The number of carbonyl (C=O) groups is 2. The summed E-state index contributed by atoms with van der Waals surface area (Å²) in [5.74, 6) is -0.217. The highest BCUT2D eigenvalue weighted by Crippen LogP contribution is 2.11. The first-order valence-corrected chi connectivity index (χ1v) is 17.8. The Labute approximate surface area is 259 Å². The van der Waals surface area contributed by atoms with Gasteiger partial charge in [0.05, 0.1) is 0 Å². The number of hydrogen-bond donors (Lipinski definition) is 4. The van der Waals surface area contributed by atoms with Crippen LogP contribution in [0.2, 0.25) is 0 Å². The lowest BCUT2D eigenvalue weighted by molar-refractivity contribution is -0.129. The summed E-state index contributed by atoms with van der Waals surface area (Å²) >= 11 is 0. The Morgan fingerprint density at radius 2 is 1.10 bits per heavy atom. The molecule has 7 nitrogen and oxygen atoms in total. The molecule has 0 bridgehead atoms. The zero-order valence-electron chi connectivity index (χ0n) is 27.7. The van der Waals surface area contributed by atoms with E-state index in [1.54, 1.807) is 0 Å². The van der Waals surface area contributed by atoms with Crippen LogP contribution in [0.25, 0.3) is 0 Å². The molecule has 0 aliphatic heterocycles. The molecular formula is C35H69N5O2. The zero-order valence-corrected chi connectivity index (χ0v) is 27.7. The molecule has 0 aliphatic carbocycles. The number of unbranched alkanes of at least 4 members (excludes halogenated alkanes) is 20. The zero-order chi connectivity index (χ0) is 30.9. The van der Waals surface area contributed by atoms with Crippen molar-refractivity contribution in [3.63, 3.8) is 0 Å². The Kier molecular flexibility index (Phi) is 30.3. The second kappa shape index (κ2) is 31.9. The van der Waals surface area contributed by atoms with Crippen molar-refractivity contribution in [3.8, 4) is 0 Å². The molecule has 0 aromatic carbocycles. The molecule has 42 heavy (non-hydrogen) atoms. The number of rotatable bonds is 31. The second-order valence-electron chi connectivity index (χ2n) is 12.0. The van der Waals surface area contributed by atoms with Crippen LogP contribution in [0.4, 0.5) is 0 Å². The van der Waals surface area contributed by atoms with Crippen LogP contribution in [-0.4, -0.2) is 36.9 Å². The minimum atomic E-state index is -0.605. The van der Waals surface area contributed by atoms with E-state index in [-0.39, 0.29) is 17.8 Å². The van der Waals surface area contributed by atoms with Crippen LogP contribution < -0.4 is 22.1 Å². The normalized spacial score (nSPS) is 12.0. The molecule has 7 heteroatoms. The number of carbonyl (C=O) groups excluding carboxylic acids is 2. The van der Waals surface area contributed by atoms with Gasteiger partial charge in [0.1, 0.15) is 6.04 Å². The fraction of sp³-hybridized carbons (Fsp3) is 0.857. The van der Waals surface area contributed by atoms with Gasteiger partial charge in [-0.15, -0.1) is 0 Å². The minimum Gasteiger partial charge on any atom is -0.370 e. The van der Waals surface area contributed by atoms with E-state index in [0.717, 1.165) is 38.5 Å². The quantitative estimate of drug-likeness (QED) is 0.0281. The van der Waals surface area contributed by atoms with Gasteiger partial charge in [-0.3, -0.25) is 14.6 Å². The number of nitrogens with one attached hydrogen (secondary N) is 2. The number of allylic oxidation sites excluding steroid dienone is 2. The van der Waals surface area contributed by atoms with Crippen molar-refractivity contribution < 1.29 is 9.59 Å². The Morgan fingerprint density at radius 3 is 1.60 bits per heavy atom. The van der Waals surface area contributed by atoms with E-state index in [4.69, 9.17) is 11.5 Å². The van der Waals surface area contributed by atoms with E-state index < -0.39 is 6.04 Å². The highest BCUT2D eigenvalue weighted by molar-refractivity contribution is 5.87. The first-order chi connectivity index (χ1) is 20.5. The van der Waals surface area contributed by atoms with E-state index in [1.165, 1.54) is 109 Å². The van der Waals surface area contributed by atoms with Gasteiger partial charge < -0.3 is 22.1 Å².